The molecule has 0 spiro atoms. The standard InChI is InChI=1S/C14H14ClNO2/c1-9-11(14(17)18-3)12(15)13(16(9)2)10-7-5-4-6-8-10/h4-8H,1-3H3. The van der Waals surface area contributed by atoms with Crippen LogP contribution in [0.3, 0.4) is 0 Å². The molecule has 0 aliphatic carbocycles. The van der Waals surface area contributed by atoms with Crippen molar-refractivity contribution < 1.29 is 9.53 Å². The van der Waals surface area contributed by atoms with Gasteiger partial charge in [-0.3, -0.25) is 0 Å². The summed E-state index contributed by atoms with van der Waals surface area (Å²) in [5.74, 6) is -0.407. The number of ether oxygens (including phenoxy) is 1. The van der Waals surface area contributed by atoms with Gasteiger partial charge in [-0.1, -0.05) is 41.9 Å². The zero-order valence-electron chi connectivity index (χ0n) is 10.5. The molecule has 1 heterocycles. The number of benzene rings is 1. The number of rotatable bonds is 2. The average Bonchev–Trinajstić information content (AvgIpc) is 2.61. The highest BCUT2D eigenvalue weighted by Gasteiger charge is 2.23. The Balaban J connectivity index is 2.68. The van der Waals surface area contributed by atoms with Crippen LogP contribution < -0.4 is 0 Å². The van der Waals surface area contributed by atoms with Crippen LogP contribution in [0.25, 0.3) is 11.3 Å². The maximum atomic E-state index is 11.7. The van der Waals surface area contributed by atoms with E-state index in [-0.39, 0.29) is 0 Å². The van der Waals surface area contributed by atoms with E-state index in [0.717, 1.165) is 17.0 Å². The van der Waals surface area contributed by atoms with Crippen LogP contribution in [0, 0.1) is 6.92 Å². The summed E-state index contributed by atoms with van der Waals surface area (Å²) in [6.07, 6.45) is 0. The predicted octanol–water partition coefficient (Wildman–Crippen LogP) is 3.44. The van der Waals surface area contributed by atoms with E-state index < -0.39 is 5.97 Å². The molecule has 0 bridgehead atoms. The van der Waals surface area contributed by atoms with Gasteiger partial charge in [-0.05, 0) is 12.5 Å². The lowest BCUT2D eigenvalue weighted by molar-refractivity contribution is 0.0600. The van der Waals surface area contributed by atoms with Crippen LogP contribution in [0.2, 0.25) is 5.02 Å². The zero-order valence-corrected chi connectivity index (χ0v) is 11.3. The molecule has 0 atom stereocenters. The summed E-state index contributed by atoms with van der Waals surface area (Å²) in [5.41, 5.74) is 3.03. The first-order valence-corrected chi connectivity index (χ1v) is 5.94. The second-order valence-electron chi connectivity index (χ2n) is 4.04. The Morgan fingerprint density at radius 1 is 1.28 bits per heavy atom. The number of carbonyl (C=O) groups is 1. The maximum Gasteiger partial charge on any atom is 0.341 e. The summed E-state index contributed by atoms with van der Waals surface area (Å²) in [6, 6.07) is 9.73. The van der Waals surface area contributed by atoms with Crippen LogP contribution >= 0.6 is 11.6 Å². The van der Waals surface area contributed by atoms with Gasteiger partial charge < -0.3 is 9.30 Å². The monoisotopic (exact) mass is 263 g/mol. The summed E-state index contributed by atoms with van der Waals surface area (Å²) in [7, 11) is 3.24. The van der Waals surface area contributed by atoms with Crippen LogP contribution in [0.1, 0.15) is 16.1 Å². The maximum absolute atomic E-state index is 11.7. The van der Waals surface area contributed by atoms with Crippen molar-refractivity contribution in [2.24, 2.45) is 7.05 Å². The molecule has 0 saturated carbocycles. The molecule has 0 unspecified atom stereocenters. The van der Waals surface area contributed by atoms with E-state index >= 15 is 0 Å². The topological polar surface area (TPSA) is 31.2 Å². The van der Waals surface area contributed by atoms with E-state index in [0.29, 0.717) is 10.6 Å². The van der Waals surface area contributed by atoms with Crippen molar-refractivity contribution in [2.75, 3.05) is 7.11 Å². The van der Waals surface area contributed by atoms with Gasteiger partial charge in [0, 0.05) is 12.7 Å². The normalized spacial score (nSPS) is 10.4. The van der Waals surface area contributed by atoms with Crippen molar-refractivity contribution in [3.05, 3.63) is 46.6 Å². The Kier molecular flexibility index (Phi) is 3.43. The fraction of sp³-hybridized carbons (Fsp3) is 0.214. The molecule has 4 heteroatoms. The van der Waals surface area contributed by atoms with E-state index in [9.17, 15) is 4.79 Å². The number of esters is 1. The smallest absolute Gasteiger partial charge is 0.341 e. The summed E-state index contributed by atoms with van der Waals surface area (Å²) < 4.78 is 6.67. The van der Waals surface area contributed by atoms with Crippen LogP contribution in [0.15, 0.2) is 30.3 Å². The fourth-order valence-corrected chi connectivity index (χ4v) is 2.47. The Hall–Kier alpha value is -1.74. The highest BCUT2D eigenvalue weighted by Crippen LogP contribution is 2.35. The minimum absolute atomic E-state index is 0.407. The predicted molar refractivity (Wildman–Crippen MR) is 71.9 cm³/mol. The molecule has 94 valence electrons. The third-order valence-corrected chi connectivity index (χ3v) is 3.43. The summed E-state index contributed by atoms with van der Waals surface area (Å²) in [6.45, 7) is 1.85. The fourth-order valence-electron chi connectivity index (χ4n) is 2.02. The molecule has 0 amide bonds. The van der Waals surface area contributed by atoms with Crippen molar-refractivity contribution in [3.63, 3.8) is 0 Å². The molecule has 2 aromatic rings. The summed E-state index contributed by atoms with van der Waals surface area (Å²) >= 11 is 6.32. The number of carbonyl (C=O) groups excluding carboxylic acids is 1. The molecule has 1 aromatic heterocycles. The van der Waals surface area contributed by atoms with Crippen LogP contribution in [-0.2, 0) is 11.8 Å². The van der Waals surface area contributed by atoms with Gasteiger partial charge in [0.2, 0.25) is 0 Å². The average molecular weight is 264 g/mol. The zero-order chi connectivity index (χ0) is 13.3. The number of hydrogen-bond donors (Lipinski definition) is 0. The third-order valence-electron chi connectivity index (χ3n) is 3.06. The van der Waals surface area contributed by atoms with Gasteiger partial charge >= 0.3 is 5.97 Å². The molecule has 0 fully saturated rings. The van der Waals surface area contributed by atoms with Gasteiger partial charge in [0.15, 0.2) is 0 Å². The highest BCUT2D eigenvalue weighted by atomic mass is 35.5. The summed E-state index contributed by atoms with van der Waals surface area (Å²) in [4.78, 5) is 11.7. The lowest BCUT2D eigenvalue weighted by atomic mass is 10.1. The van der Waals surface area contributed by atoms with Crippen LogP contribution in [0.5, 0.6) is 0 Å². The van der Waals surface area contributed by atoms with Crippen LogP contribution in [0.4, 0.5) is 0 Å². The number of hydrogen-bond acceptors (Lipinski definition) is 2. The quantitative estimate of drug-likeness (QED) is 0.777. The Morgan fingerprint density at radius 2 is 1.89 bits per heavy atom. The first kappa shape index (κ1) is 12.7. The lowest BCUT2D eigenvalue weighted by Gasteiger charge is -2.05. The first-order valence-electron chi connectivity index (χ1n) is 5.56. The van der Waals surface area contributed by atoms with Crippen molar-refractivity contribution in [2.45, 2.75) is 6.92 Å². The lowest BCUT2D eigenvalue weighted by Crippen LogP contribution is -2.03. The van der Waals surface area contributed by atoms with Gasteiger partial charge in [0.1, 0.15) is 0 Å². The molecule has 2 rings (SSSR count). The second-order valence-corrected chi connectivity index (χ2v) is 4.42. The van der Waals surface area contributed by atoms with Gasteiger partial charge in [-0.25, -0.2) is 4.79 Å². The Bertz CT molecular complexity index is 588. The number of halogens is 1. The Labute approximate surface area is 111 Å². The molecule has 0 radical (unpaired) electrons. The van der Waals surface area contributed by atoms with E-state index in [1.807, 2.05) is 48.9 Å². The number of methoxy groups -OCH3 is 1. The molecule has 0 saturated heterocycles. The second kappa shape index (κ2) is 4.86. The first-order chi connectivity index (χ1) is 8.57. The van der Waals surface area contributed by atoms with E-state index in [4.69, 9.17) is 16.3 Å². The number of aromatic nitrogens is 1. The largest absolute Gasteiger partial charge is 0.465 e. The number of nitrogens with zero attached hydrogens (tertiary/aromatic N) is 1. The minimum atomic E-state index is -0.407. The van der Waals surface area contributed by atoms with E-state index in [1.54, 1.807) is 0 Å². The molecular formula is C14H14ClNO2. The minimum Gasteiger partial charge on any atom is -0.465 e. The van der Waals surface area contributed by atoms with Crippen LogP contribution in [-0.4, -0.2) is 17.6 Å². The molecule has 0 aliphatic heterocycles. The highest BCUT2D eigenvalue weighted by molar-refractivity contribution is 6.36. The van der Waals surface area contributed by atoms with E-state index in [2.05, 4.69) is 0 Å². The Morgan fingerprint density at radius 3 is 2.44 bits per heavy atom. The third kappa shape index (κ3) is 1.91. The molecule has 1 aromatic carbocycles. The van der Waals surface area contributed by atoms with Crippen molar-refractivity contribution in [3.8, 4) is 11.3 Å². The van der Waals surface area contributed by atoms with E-state index in [1.165, 1.54) is 7.11 Å². The van der Waals surface area contributed by atoms with Crippen molar-refractivity contribution in [1.82, 2.24) is 4.57 Å². The van der Waals surface area contributed by atoms with Crippen molar-refractivity contribution in [1.29, 1.82) is 0 Å². The summed E-state index contributed by atoms with van der Waals surface area (Å²) in [5, 5.41) is 0.438. The van der Waals surface area contributed by atoms with Gasteiger partial charge in [-0.15, -0.1) is 0 Å². The molecular weight excluding hydrogens is 250 g/mol. The van der Waals surface area contributed by atoms with Gasteiger partial charge in [-0.2, -0.15) is 0 Å². The molecule has 0 N–H and O–H groups in total. The molecule has 3 nitrogen and oxygen atoms in total. The van der Waals surface area contributed by atoms with Gasteiger partial charge in [0.25, 0.3) is 0 Å². The SMILES string of the molecule is COC(=O)c1c(Cl)c(-c2ccccc2)n(C)c1C. The van der Waals surface area contributed by atoms with Gasteiger partial charge in [0.05, 0.1) is 23.4 Å². The molecule has 18 heavy (non-hydrogen) atoms. The molecule has 0 aliphatic rings. The van der Waals surface area contributed by atoms with Crippen molar-refractivity contribution >= 4 is 17.6 Å².